The molecule has 68 valence electrons. The molecule has 4 heteroatoms. The van der Waals surface area contributed by atoms with Crippen LogP contribution in [0.5, 0.6) is 0 Å². The van der Waals surface area contributed by atoms with Gasteiger partial charge in [-0.15, -0.1) is 0 Å². The standard InChI is InChI=1S/C10H8N4/c1-2-9-10(12-6-11-9)5-7(1)8-3-4-13-14-8/h1-6H,(H,11,12)(H,13,14). The van der Waals surface area contributed by atoms with Gasteiger partial charge in [0.15, 0.2) is 0 Å². The first-order valence-corrected chi connectivity index (χ1v) is 4.36. The molecule has 0 aliphatic carbocycles. The highest BCUT2D eigenvalue weighted by Gasteiger charge is 2.01. The molecule has 2 heterocycles. The summed E-state index contributed by atoms with van der Waals surface area (Å²) in [4.78, 5) is 7.24. The van der Waals surface area contributed by atoms with Crippen molar-refractivity contribution in [3.63, 3.8) is 0 Å². The molecule has 3 rings (SSSR count). The summed E-state index contributed by atoms with van der Waals surface area (Å²) in [6.07, 6.45) is 3.44. The fourth-order valence-corrected chi connectivity index (χ4v) is 1.52. The minimum atomic E-state index is 0.980. The molecule has 0 unspecified atom stereocenters. The molecular formula is C10H8N4. The van der Waals surface area contributed by atoms with Gasteiger partial charge in [0.05, 0.1) is 23.1 Å². The number of fused-ring (bicyclic) bond motifs is 1. The number of hydrogen-bond donors (Lipinski definition) is 2. The summed E-state index contributed by atoms with van der Waals surface area (Å²) >= 11 is 0. The Morgan fingerprint density at radius 1 is 1.14 bits per heavy atom. The van der Waals surface area contributed by atoms with E-state index in [4.69, 9.17) is 0 Å². The van der Waals surface area contributed by atoms with E-state index in [2.05, 4.69) is 26.2 Å². The van der Waals surface area contributed by atoms with Gasteiger partial charge >= 0.3 is 0 Å². The lowest BCUT2D eigenvalue weighted by Gasteiger charge is -1.96. The van der Waals surface area contributed by atoms with E-state index in [9.17, 15) is 0 Å². The van der Waals surface area contributed by atoms with Gasteiger partial charge in [-0.05, 0) is 18.2 Å². The van der Waals surface area contributed by atoms with Crippen LogP contribution in [0.25, 0.3) is 22.3 Å². The molecule has 0 aliphatic heterocycles. The van der Waals surface area contributed by atoms with Crippen molar-refractivity contribution in [1.82, 2.24) is 20.2 Å². The highest BCUT2D eigenvalue weighted by atomic mass is 15.1. The summed E-state index contributed by atoms with van der Waals surface area (Å²) in [7, 11) is 0. The first-order chi connectivity index (χ1) is 6.93. The van der Waals surface area contributed by atoms with Crippen LogP contribution in [0.15, 0.2) is 36.8 Å². The van der Waals surface area contributed by atoms with Gasteiger partial charge in [-0.3, -0.25) is 5.10 Å². The van der Waals surface area contributed by atoms with E-state index in [1.807, 2.05) is 18.2 Å². The van der Waals surface area contributed by atoms with E-state index in [1.54, 1.807) is 12.5 Å². The molecule has 0 radical (unpaired) electrons. The van der Waals surface area contributed by atoms with Gasteiger partial charge in [0.25, 0.3) is 0 Å². The lowest BCUT2D eigenvalue weighted by Crippen LogP contribution is -1.78. The van der Waals surface area contributed by atoms with E-state index in [0.29, 0.717) is 0 Å². The second kappa shape index (κ2) is 2.70. The fraction of sp³-hybridized carbons (Fsp3) is 0. The Balaban J connectivity index is 2.23. The molecule has 4 nitrogen and oxygen atoms in total. The Kier molecular flexibility index (Phi) is 1.41. The van der Waals surface area contributed by atoms with Crippen molar-refractivity contribution in [3.05, 3.63) is 36.8 Å². The first-order valence-electron chi connectivity index (χ1n) is 4.36. The quantitative estimate of drug-likeness (QED) is 0.607. The van der Waals surface area contributed by atoms with E-state index in [1.165, 1.54) is 0 Å². The predicted molar refractivity (Wildman–Crippen MR) is 53.7 cm³/mol. The summed E-state index contributed by atoms with van der Waals surface area (Å²) in [5.41, 5.74) is 4.14. The monoisotopic (exact) mass is 184 g/mol. The highest BCUT2D eigenvalue weighted by Crippen LogP contribution is 2.20. The number of aromatic nitrogens is 4. The van der Waals surface area contributed by atoms with Crippen molar-refractivity contribution in [1.29, 1.82) is 0 Å². The van der Waals surface area contributed by atoms with Crippen molar-refractivity contribution in [2.45, 2.75) is 0 Å². The Morgan fingerprint density at radius 3 is 3.00 bits per heavy atom. The van der Waals surface area contributed by atoms with Crippen LogP contribution < -0.4 is 0 Å². The Morgan fingerprint density at radius 2 is 2.14 bits per heavy atom. The van der Waals surface area contributed by atoms with Crippen molar-refractivity contribution in [2.75, 3.05) is 0 Å². The van der Waals surface area contributed by atoms with Crippen molar-refractivity contribution in [2.24, 2.45) is 0 Å². The molecule has 0 aliphatic rings. The summed E-state index contributed by atoms with van der Waals surface area (Å²) < 4.78 is 0. The van der Waals surface area contributed by atoms with Crippen LogP contribution in [0.1, 0.15) is 0 Å². The molecule has 2 aromatic heterocycles. The van der Waals surface area contributed by atoms with E-state index in [0.717, 1.165) is 22.3 Å². The molecule has 0 bridgehead atoms. The van der Waals surface area contributed by atoms with Crippen molar-refractivity contribution < 1.29 is 0 Å². The second-order valence-corrected chi connectivity index (χ2v) is 3.10. The number of imidazole rings is 1. The number of nitrogens with zero attached hydrogens (tertiary/aromatic N) is 2. The summed E-state index contributed by atoms with van der Waals surface area (Å²) in [6, 6.07) is 8.01. The highest BCUT2D eigenvalue weighted by molar-refractivity contribution is 5.80. The lowest BCUT2D eigenvalue weighted by atomic mass is 10.1. The molecule has 3 aromatic rings. The van der Waals surface area contributed by atoms with Crippen molar-refractivity contribution in [3.8, 4) is 11.3 Å². The number of H-pyrrole nitrogens is 2. The third-order valence-electron chi connectivity index (χ3n) is 2.23. The maximum absolute atomic E-state index is 4.16. The van der Waals surface area contributed by atoms with E-state index >= 15 is 0 Å². The van der Waals surface area contributed by atoms with Crippen LogP contribution in [0.3, 0.4) is 0 Å². The SMILES string of the molecule is c1cc(-c2ccc3nc[nH]c3c2)[nH]n1. The summed E-state index contributed by atoms with van der Waals surface area (Å²) in [5.74, 6) is 0. The fourth-order valence-electron chi connectivity index (χ4n) is 1.52. The number of benzene rings is 1. The number of hydrogen-bond acceptors (Lipinski definition) is 2. The van der Waals surface area contributed by atoms with Crippen LogP contribution in [0.2, 0.25) is 0 Å². The average molecular weight is 184 g/mol. The molecule has 0 saturated heterocycles. The lowest BCUT2D eigenvalue weighted by molar-refractivity contribution is 1.10. The second-order valence-electron chi connectivity index (χ2n) is 3.10. The summed E-state index contributed by atoms with van der Waals surface area (Å²) in [5, 5.41) is 6.84. The zero-order valence-corrected chi connectivity index (χ0v) is 7.36. The van der Waals surface area contributed by atoms with Gasteiger partial charge in [-0.25, -0.2) is 4.98 Å². The molecule has 0 spiro atoms. The molecule has 0 fully saturated rings. The van der Waals surface area contributed by atoms with Gasteiger partial charge in [-0.2, -0.15) is 5.10 Å². The summed E-state index contributed by atoms with van der Waals surface area (Å²) in [6.45, 7) is 0. The molecule has 14 heavy (non-hydrogen) atoms. The zero-order valence-electron chi connectivity index (χ0n) is 7.36. The van der Waals surface area contributed by atoms with Crippen LogP contribution in [-0.2, 0) is 0 Å². The van der Waals surface area contributed by atoms with Crippen LogP contribution in [0, 0.1) is 0 Å². The maximum atomic E-state index is 4.16. The van der Waals surface area contributed by atoms with Gasteiger partial charge in [-0.1, -0.05) is 6.07 Å². The molecule has 2 N–H and O–H groups in total. The minimum absolute atomic E-state index is 0.980. The van der Waals surface area contributed by atoms with Gasteiger partial charge < -0.3 is 4.98 Å². The predicted octanol–water partition coefficient (Wildman–Crippen LogP) is 1.95. The number of aromatic amines is 2. The van der Waals surface area contributed by atoms with Gasteiger partial charge in [0.2, 0.25) is 0 Å². The normalized spacial score (nSPS) is 10.9. The molecule has 0 amide bonds. The van der Waals surface area contributed by atoms with E-state index < -0.39 is 0 Å². The minimum Gasteiger partial charge on any atom is -0.345 e. The molecule has 0 saturated carbocycles. The van der Waals surface area contributed by atoms with Gasteiger partial charge in [0, 0.05) is 11.8 Å². The number of rotatable bonds is 1. The van der Waals surface area contributed by atoms with Crippen LogP contribution in [-0.4, -0.2) is 20.2 Å². The third-order valence-corrected chi connectivity index (χ3v) is 2.23. The zero-order chi connectivity index (χ0) is 9.38. The Labute approximate surface area is 80.0 Å². The van der Waals surface area contributed by atoms with Crippen molar-refractivity contribution >= 4 is 11.0 Å². The molecular weight excluding hydrogens is 176 g/mol. The Hall–Kier alpha value is -2.10. The van der Waals surface area contributed by atoms with E-state index in [-0.39, 0.29) is 0 Å². The molecule has 1 aromatic carbocycles. The number of nitrogens with one attached hydrogen (secondary N) is 2. The maximum Gasteiger partial charge on any atom is 0.0931 e. The topological polar surface area (TPSA) is 57.4 Å². The van der Waals surface area contributed by atoms with Crippen LogP contribution in [0.4, 0.5) is 0 Å². The smallest absolute Gasteiger partial charge is 0.0931 e. The first kappa shape index (κ1) is 7.32. The third kappa shape index (κ3) is 1.01. The van der Waals surface area contributed by atoms with Crippen LogP contribution >= 0.6 is 0 Å². The largest absolute Gasteiger partial charge is 0.345 e. The average Bonchev–Trinajstić information content (AvgIpc) is 2.88. The van der Waals surface area contributed by atoms with Gasteiger partial charge in [0.1, 0.15) is 0 Å². The Bertz CT molecular complexity index is 550. The molecule has 0 atom stereocenters.